The van der Waals surface area contributed by atoms with Gasteiger partial charge in [0.05, 0.1) is 23.2 Å². The lowest BCUT2D eigenvalue weighted by Crippen LogP contribution is -2.62. The van der Waals surface area contributed by atoms with E-state index in [0.29, 0.717) is 35.5 Å². The Morgan fingerprint density at radius 3 is 2.92 bits per heavy atom. The van der Waals surface area contributed by atoms with Gasteiger partial charge in [0.15, 0.2) is 0 Å². The largest absolute Gasteiger partial charge is 0.317 e. The second-order valence-electron chi connectivity index (χ2n) is 6.40. The Morgan fingerprint density at radius 1 is 1.50 bits per heavy atom. The predicted molar refractivity (Wildman–Crippen MR) is 88.3 cm³/mol. The summed E-state index contributed by atoms with van der Waals surface area (Å²) in [4.78, 5) is 13.3. The van der Waals surface area contributed by atoms with Gasteiger partial charge in [0, 0.05) is 17.8 Å². The van der Waals surface area contributed by atoms with Gasteiger partial charge < -0.3 is 10.1 Å². The number of halogens is 2. The summed E-state index contributed by atoms with van der Waals surface area (Å²) in [5.74, 6) is -0.964. The Kier molecular flexibility index (Phi) is 4.50. The van der Waals surface area contributed by atoms with Crippen LogP contribution >= 0.6 is 11.6 Å². The van der Waals surface area contributed by atoms with E-state index in [1.807, 2.05) is 0 Å². The van der Waals surface area contributed by atoms with Gasteiger partial charge in [-0.15, -0.1) is 0 Å². The standard InChI is InChI=1S/C16H19ClFN3O3/c1-19-15-6-5-13(17)7-11(15)9-20(22)10-16(19,21(23)24)12-3-2-4-14(18)8-12/h5-8,12,22H,2-4,9-10H2,1H3/t12-,16-/m1/s1. The van der Waals surface area contributed by atoms with E-state index in [0.717, 1.165) is 5.06 Å². The maximum Gasteiger partial charge on any atom is 0.317 e. The fourth-order valence-electron chi connectivity index (χ4n) is 3.77. The molecule has 3 rings (SSSR count). The molecule has 0 unspecified atom stereocenters. The molecule has 0 bridgehead atoms. The Bertz CT molecular complexity index is 699. The highest BCUT2D eigenvalue weighted by Gasteiger charge is 2.56. The molecule has 1 N–H and O–H groups in total. The van der Waals surface area contributed by atoms with Crippen LogP contribution in [-0.2, 0) is 6.54 Å². The smallest absolute Gasteiger partial charge is 0.313 e. The molecule has 0 saturated heterocycles. The molecular formula is C16H19ClFN3O3. The van der Waals surface area contributed by atoms with Crippen molar-refractivity contribution >= 4 is 17.3 Å². The second kappa shape index (κ2) is 6.31. The molecule has 2 aliphatic rings. The topological polar surface area (TPSA) is 69.8 Å². The predicted octanol–water partition coefficient (Wildman–Crippen LogP) is 3.61. The van der Waals surface area contributed by atoms with Crippen LogP contribution in [0.4, 0.5) is 10.1 Å². The highest BCUT2D eigenvalue weighted by atomic mass is 35.5. The summed E-state index contributed by atoms with van der Waals surface area (Å²) in [6.45, 7) is -0.105. The number of hydrogen-bond acceptors (Lipinski definition) is 5. The number of rotatable bonds is 2. The summed E-state index contributed by atoms with van der Waals surface area (Å²) in [6.07, 6.45) is 2.70. The first-order valence-corrected chi connectivity index (χ1v) is 8.19. The van der Waals surface area contributed by atoms with Gasteiger partial charge in [0.1, 0.15) is 6.54 Å². The minimum atomic E-state index is -1.65. The number of allylic oxidation sites excluding steroid dienone is 1. The minimum absolute atomic E-state index is 0.120. The lowest BCUT2D eigenvalue weighted by Gasteiger charge is -2.40. The number of benzene rings is 1. The second-order valence-corrected chi connectivity index (χ2v) is 6.84. The fraction of sp³-hybridized carbons (Fsp3) is 0.500. The average Bonchev–Trinajstić information content (AvgIpc) is 2.62. The molecular weight excluding hydrogens is 337 g/mol. The fourth-order valence-corrected chi connectivity index (χ4v) is 3.96. The summed E-state index contributed by atoms with van der Waals surface area (Å²) < 4.78 is 13.8. The van der Waals surface area contributed by atoms with Gasteiger partial charge in [-0.3, -0.25) is 10.1 Å². The molecule has 1 aromatic rings. The number of nitro groups is 1. The lowest BCUT2D eigenvalue weighted by atomic mass is 9.82. The molecule has 1 heterocycles. The molecule has 0 spiro atoms. The van der Waals surface area contributed by atoms with Gasteiger partial charge in [0.2, 0.25) is 0 Å². The van der Waals surface area contributed by atoms with Crippen molar-refractivity contribution in [2.75, 3.05) is 18.5 Å². The average molecular weight is 356 g/mol. The van der Waals surface area contributed by atoms with E-state index in [2.05, 4.69) is 0 Å². The summed E-state index contributed by atoms with van der Waals surface area (Å²) in [7, 11) is 1.62. The van der Waals surface area contributed by atoms with Crippen molar-refractivity contribution in [1.29, 1.82) is 0 Å². The van der Waals surface area contributed by atoms with E-state index < -0.39 is 16.5 Å². The number of likely N-dealkylation sites (N-methyl/N-ethyl adjacent to an activating group) is 1. The van der Waals surface area contributed by atoms with Crippen molar-refractivity contribution < 1.29 is 14.5 Å². The van der Waals surface area contributed by atoms with Gasteiger partial charge in [-0.25, -0.2) is 4.39 Å². The zero-order valence-corrected chi connectivity index (χ0v) is 14.0. The molecule has 0 amide bonds. The first-order valence-electron chi connectivity index (χ1n) is 7.81. The molecule has 0 saturated carbocycles. The minimum Gasteiger partial charge on any atom is -0.313 e. The zero-order chi connectivity index (χ0) is 17.5. The SMILES string of the molecule is CN1c2ccc(Cl)cc2CN(O)C[C@]1([C@H]1C=C(F)CCC1)[N+](=O)[O-]. The highest BCUT2D eigenvalue weighted by molar-refractivity contribution is 6.30. The maximum absolute atomic E-state index is 13.8. The molecule has 1 aliphatic heterocycles. The van der Waals surface area contributed by atoms with Gasteiger partial charge in [-0.2, -0.15) is 5.06 Å². The van der Waals surface area contributed by atoms with Crippen LogP contribution in [-0.4, -0.2) is 34.4 Å². The van der Waals surface area contributed by atoms with E-state index in [4.69, 9.17) is 11.6 Å². The molecule has 2 atom stereocenters. The molecule has 1 aromatic carbocycles. The van der Waals surface area contributed by atoms with Crippen molar-refractivity contribution in [3.05, 3.63) is 50.8 Å². The van der Waals surface area contributed by atoms with Crippen LogP contribution in [0.25, 0.3) is 0 Å². The Balaban J connectivity index is 2.16. The van der Waals surface area contributed by atoms with E-state index in [1.165, 1.54) is 6.08 Å². The Morgan fingerprint density at radius 2 is 2.25 bits per heavy atom. The van der Waals surface area contributed by atoms with Crippen LogP contribution in [0.15, 0.2) is 30.1 Å². The maximum atomic E-state index is 13.8. The summed E-state index contributed by atoms with van der Waals surface area (Å²) >= 11 is 6.02. The molecule has 6 nitrogen and oxygen atoms in total. The third-order valence-electron chi connectivity index (χ3n) is 4.97. The molecule has 8 heteroatoms. The third kappa shape index (κ3) is 2.76. The number of nitrogens with zero attached hydrogens (tertiary/aromatic N) is 3. The lowest BCUT2D eigenvalue weighted by molar-refractivity contribution is -0.581. The van der Waals surface area contributed by atoms with Gasteiger partial charge in [-0.1, -0.05) is 11.6 Å². The van der Waals surface area contributed by atoms with Crippen LogP contribution < -0.4 is 4.90 Å². The number of hydrogen-bond donors (Lipinski definition) is 1. The number of fused-ring (bicyclic) bond motifs is 1. The molecule has 1 aliphatic carbocycles. The van der Waals surface area contributed by atoms with Gasteiger partial charge in [0.25, 0.3) is 0 Å². The molecule has 24 heavy (non-hydrogen) atoms. The van der Waals surface area contributed by atoms with Crippen molar-refractivity contribution in [2.45, 2.75) is 31.5 Å². The molecule has 130 valence electrons. The van der Waals surface area contributed by atoms with E-state index >= 15 is 0 Å². The molecule has 0 aromatic heterocycles. The van der Waals surface area contributed by atoms with Crippen molar-refractivity contribution in [3.63, 3.8) is 0 Å². The first-order chi connectivity index (χ1) is 11.3. The first kappa shape index (κ1) is 17.1. The summed E-state index contributed by atoms with van der Waals surface area (Å²) in [5.41, 5.74) is -0.338. The molecule has 0 fully saturated rings. The molecule has 0 radical (unpaired) electrons. The summed E-state index contributed by atoms with van der Waals surface area (Å²) in [6, 6.07) is 5.05. The zero-order valence-electron chi connectivity index (χ0n) is 13.3. The Labute approximate surface area is 144 Å². The van der Waals surface area contributed by atoms with E-state index in [-0.39, 0.29) is 18.9 Å². The van der Waals surface area contributed by atoms with E-state index in [9.17, 15) is 19.7 Å². The van der Waals surface area contributed by atoms with Crippen LogP contribution in [0, 0.1) is 16.0 Å². The quantitative estimate of drug-likeness (QED) is 0.648. The van der Waals surface area contributed by atoms with Crippen LogP contribution in [0.3, 0.4) is 0 Å². The third-order valence-corrected chi connectivity index (χ3v) is 5.21. The van der Waals surface area contributed by atoms with E-state index in [1.54, 1.807) is 30.1 Å². The van der Waals surface area contributed by atoms with Gasteiger partial charge in [-0.05, 0) is 49.1 Å². The van der Waals surface area contributed by atoms with Crippen LogP contribution in [0.2, 0.25) is 5.02 Å². The van der Waals surface area contributed by atoms with Crippen molar-refractivity contribution in [3.8, 4) is 0 Å². The van der Waals surface area contributed by atoms with Crippen molar-refractivity contribution in [1.82, 2.24) is 5.06 Å². The number of hydroxylamine groups is 2. The van der Waals surface area contributed by atoms with Crippen LogP contribution in [0.5, 0.6) is 0 Å². The normalized spacial score (nSPS) is 28.1. The Hall–Kier alpha value is -1.70. The van der Waals surface area contributed by atoms with Gasteiger partial charge >= 0.3 is 5.66 Å². The summed E-state index contributed by atoms with van der Waals surface area (Å²) in [5, 5.41) is 23.8. The number of anilines is 1. The van der Waals surface area contributed by atoms with Crippen molar-refractivity contribution in [2.24, 2.45) is 5.92 Å². The monoisotopic (exact) mass is 355 g/mol. The highest BCUT2D eigenvalue weighted by Crippen LogP contribution is 2.41. The van der Waals surface area contributed by atoms with Crippen LogP contribution in [0.1, 0.15) is 24.8 Å².